The second kappa shape index (κ2) is 23.6. The molecule has 4 aliphatic heterocycles. The molecule has 0 unspecified atom stereocenters. The summed E-state index contributed by atoms with van der Waals surface area (Å²) in [5.41, 5.74) is 3.47. The largest absolute Gasteiger partial charge is 0.480 e. The highest BCUT2D eigenvalue weighted by Gasteiger charge is 2.59. The van der Waals surface area contributed by atoms with Gasteiger partial charge in [0.2, 0.25) is 17.1 Å². The van der Waals surface area contributed by atoms with Gasteiger partial charge in [-0.3, -0.25) is 19.2 Å². The number of aryl methyl sites for hydroxylation is 2. The molecule has 388 valence electrons. The van der Waals surface area contributed by atoms with E-state index in [9.17, 15) is 38.4 Å². The number of anilines is 2. The van der Waals surface area contributed by atoms with Gasteiger partial charge in [0.05, 0.1) is 6.04 Å². The average Bonchev–Trinajstić information content (AvgIpc) is 4.09. The summed E-state index contributed by atoms with van der Waals surface area (Å²) in [5.74, 6) is -2.72. The summed E-state index contributed by atoms with van der Waals surface area (Å²) in [6, 6.07) is 30.5. The van der Waals surface area contributed by atoms with E-state index in [1.54, 1.807) is 41.3 Å². The molecule has 6 N–H and O–H groups in total. The number of carboxylic acid groups (broad SMARTS) is 1. The van der Waals surface area contributed by atoms with Gasteiger partial charge in [0.1, 0.15) is 13.1 Å². The van der Waals surface area contributed by atoms with E-state index in [1.807, 2.05) is 30.3 Å². The topological polar surface area (TPSA) is 245 Å². The number of piperidine rings is 2. The smallest absolute Gasteiger partial charge is 0.418 e. The van der Waals surface area contributed by atoms with Gasteiger partial charge in [-0.05, 0) is 98.0 Å². The van der Waals surface area contributed by atoms with Crippen LogP contribution in [0.3, 0.4) is 0 Å². The fraction of sp³-hybridized carbons (Fsp3) is 0.407. The number of rotatable bonds is 8. The number of fused-ring (bicyclic) bond motifs is 4. The van der Waals surface area contributed by atoms with Crippen molar-refractivity contribution in [3.63, 3.8) is 0 Å². The Hall–Kier alpha value is -7.80. The monoisotopic (exact) mass is 1000 g/mol. The van der Waals surface area contributed by atoms with Gasteiger partial charge in [-0.25, -0.2) is 29.0 Å². The third-order valence-corrected chi connectivity index (χ3v) is 13.8. The number of hydrogen-bond donors (Lipinski definition) is 6. The first kappa shape index (κ1) is 54.5. The number of nitrogens with one attached hydrogen (secondary N) is 5. The Morgan fingerprint density at radius 3 is 1.62 bits per heavy atom. The first-order valence-electron chi connectivity index (χ1n) is 24.0. The van der Waals surface area contributed by atoms with Crippen LogP contribution in [0.5, 0.6) is 0 Å². The molecule has 73 heavy (non-hydrogen) atoms. The van der Waals surface area contributed by atoms with Crippen LogP contribution in [0.2, 0.25) is 0 Å². The average molecular weight is 1000 g/mol. The van der Waals surface area contributed by atoms with Gasteiger partial charge in [-0.15, -0.1) is 0 Å². The second-order valence-electron chi connectivity index (χ2n) is 18.1. The molecular formula is C54H66N8O11. The van der Waals surface area contributed by atoms with Crippen LogP contribution in [0, 0.1) is 0 Å². The lowest BCUT2D eigenvalue weighted by atomic mass is 9.94. The fourth-order valence-corrected chi connectivity index (χ4v) is 10.3. The molecule has 6 aliphatic rings. The Bertz CT molecular complexity index is 2700. The van der Waals surface area contributed by atoms with Crippen LogP contribution in [0.15, 0.2) is 97.1 Å². The number of carbonyl (C=O) groups excluding carboxylic acids is 7. The lowest BCUT2D eigenvalue weighted by molar-refractivity contribution is -0.144. The highest BCUT2D eigenvalue weighted by Crippen LogP contribution is 2.47. The maximum absolute atomic E-state index is 13.5. The molecule has 4 atom stereocenters. The number of imide groups is 2. The molecule has 19 nitrogen and oxygen atoms in total. The molecule has 19 heteroatoms. The van der Waals surface area contributed by atoms with Crippen molar-refractivity contribution in [2.24, 2.45) is 0 Å². The zero-order chi connectivity index (χ0) is 50.3. The predicted molar refractivity (Wildman–Crippen MR) is 272 cm³/mol. The molecule has 9 amide bonds. The zero-order valence-corrected chi connectivity index (χ0v) is 39.7. The summed E-state index contributed by atoms with van der Waals surface area (Å²) in [5, 5.41) is 22.6. The first-order valence-corrected chi connectivity index (χ1v) is 24.0. The lowest BCUT2D eigenvalue weighted by Crippen LogP contribution is -2.47. The highest BCUT2D eigenvalue weighted by atomic mass is 16.6. The number of hydrogen-bond acceptors (Lipinski definition) is 11. The van der Waals surface area contributed by atoms with Crippen molar-refractivity contribution in [2.45, 2.75) is 102 Å². The summed E-state index contributed by atoms with van der Waals surface area (Å²) in [7, 11) is 3.02. The number of aliphatic carboxylic acids is 1. The van der Waals surface area contributed by atoms with Crippen molar-refractivity contribution >= 4 is 59.3 Å². The van der Waals surface area contributed by atoms with Gasteiger partial charge in [0.25, 0.3) is 11.8 Å². The van der Waals surface area contributed by atoms with Crippen molar-refractivity contribution in [3.05, 3.63) is 130 Å². The number of nitrogens with zero attached hydrogens (tertiary/aromatic N) is 3. The molecule has 10 rings (SSSR count). The fourth-order valence-electron chi connectivity index (χ4n) is 10.3. The molecular weight excluding hydrogens is 937 g/mol. The maximum atomic E-state index is 13.5. The van der Waals surface area contributed by atoms with Crippen molar-refractivity contribution in [1.82, 2.24) is 30.7 Å². The predicted octanol–water partition coefficient (Wildman–Crippen LogP) is 7.73. The van der Waals surface area contributed by atoms with E-state index in [0.29, 0.717) is 59.3 Å². The third-order valence-electron chi connectivity index (χ3n) is 13.8. The Morgan fingerprint density at radius 1 is 0.644 bits per heavy atom. The van der Waals surface area contributed by atoms with Gasteiger partial charge in [0.15, 0.2) is 0 Å². The summed E-state index contributed by atoms with van der Waals surface area (Å²) < 4.78 is 10.9. The lowest BCUT2D eigenvalue weighted by Gasteiger charge is -2.36. The minimum Gasteiger partial charge on any atom is -0.480 e. The molecule has 0 aromatic heterocycles. The van der Waals surface area contributed by atoms with E-state index in [1.165, 1.54) is 45.5 Å². The number of carbonyl (C=O) groups is 8. The molecule has 4 saturated heterocycles. The number of likely N-dealkylation sites (tertiary alicyclic amines) is 1. The van der Waals surface area contributed by atoms with E-state index in [4.69, 9.17) is 14.6 Å². The van der Waals surface area contributed by atoms with Gasteiger partial charge in [0, 0.05) is 62.0 Å². The van der Waals surface area contributed by atoms with Gasteiger partial charge in [-0.2, -0.15) is 0 Å². The second-order valence-corrected chi connectivity index (χ2v) is 18.1. The SMILES string of the molecule is C.C.CNC(=O)Nc1ccc2c(c1)CC[C@]21OC(=O)N(CC(=O)N2CCCC[C@@H]2c2ccccc2)C1=O.CNC(=O)Nc1ccc2c(c1)CC[C@]21OC(=O)N(CC(=O)O)C1=O.c1ccc([C@H]2CCCCN2)cc1. The van der Waals surface area contributed by atoms with Crippen molar-refractivity contribution < 1.29 is 52.9 Å². The van der Waals surface area contributed by atoms with Crippen LogP contribution in [0.1, 0.15) is 112 Å². The number of carboxylic acids is 1. The number of benzene rings is 4. The van der Waals surface area contributed by atoms with Crippen molar-refractivity contribution in [2.75, 3.05) is 50.9 Å². The Morgan fingerprint density at radius 2 is 1.14 bits per heavy atom. The highest BCUT2D eigenvalue weighted by molar-refractivity contribution is 6.07. The Kier molecular flexibility index (Phi) is 17.6. The van der Waals surface area contributed by atoms with Gasteiger partial charge >= 0.3 is 30.2 Å². The van der Waals surface area contributed by atoms with E-state index < -0.39 is 47.7 Å². The van der Waals surface area contributed by atoms with E-state index >= 15 is 0 Å². The number of ether oxygens (including phenoxy) is 2. The minimum atomic E-state index is -1.46. The molecule has 0 radical (unpaired) electrons. The van der Waals surface area contributed by atoms with Crippen LogP contribution in [-0.4, -0.2) is 108 Å². The molecule has 2 spiro atoms. The van der Waals surface area contributed by atoms with Crippen molar-refractivity contribution in [1.29, 1.82) is 0 Å². The summed E-state index contributed by atoms with van der Waals surface area (Å²) in [4.78, 5) is 101. The summed E-state index contributed by atoms with van der Waals surface area (Å²) in [6.07, 6.45) is 6.53. The quantitative estimate of drug-likeness (QED) is 0.0994. The summed E-state index contributed by atoms with van der Waals surface area (Å²) >= 11 is 0. The Labute approximate surface area is 425 Å². The van der Waals surface area contributed by atoms with Crippen LogP contribution in [0.4, 0.5) is 30.6 Å². The normalized spacial score (nSPS) is 22.2. The van der Waals surface area contributed by atoms with Gasteiger partial charge < -0.3 is 46.1 Å². The third kappa shape index (κ3) is 11.5. The zero-order valence-electron chi connectivity index (χ0n) is 39.7. The number of amides is 9. The Balaban J connectivity index is 0.000000197. The molecule has 0 bridgehead atoms. The number of urea groups is 2. The summed E-state index contributed by atoms with van der Waals surface area (Å²) in [6.45, 7) is 0.698. The van der Waals surface area contributed by atoms with E-state index in [-0.39, 0.29) is 51.8 Å². The molecule has 2 aliphatic carbocycles. The van der Waals surface area contributed by atoms with Gasteiger partial charge in [-0.1, -0.05) is 94.1 Å². The molecule has 4 fully saturated rings. The molecule has 4 aromatic rings. The van der Waals surface area contributed by atoms with Crippen LogP contribution < -0.4 is 26.6 Å². The molecule has 0 saturated carbocycles. The van der Waals surface area contributed by atoms with Crippen LogP contribution >= 0.6 is 0 Å². The van der Waals surface area contributed by atoms with E-state index in [0.717, 1.165) is 40.9 Å². The standard InChI is InChI=1S/C26H28N4O5.C15H15N3O6.C11H15N.2CH4/c1-27-24(33)28-19-10-11-20-18(15-19)12-13-26(20)23(32)30(25(34)35-26)16-22(31)29-14-6-5-9-21(29)17-7-3-2-4-8-17;1-16-13(22)17-9-2-3-10-8(6-9)4-5-15(10)12(21)18(7-11(19)20)14(23)24-15;1-2-6-10(7-3-1)11-8-4-5-9-12-11;;/h2-4,7-8,10-11,15,21H,5-6,9,12-14,16H2,1H3,(H2,27,28,33);2-3,6H,4-5,7H2,1H3,(H,19,20)(H2,16,17,22);1-3,6-7,11-12H,4-5,8-9H2;2*1H4/t21-,26+;15-;11-;;/m101../s1. The van der Waals surface area contributed by atoms with Crippen LogP contribution in [-0.2, 0) is 52.7 Å². The van der Waals surface area contributed by atoms with E-state index in [2.05, 4.69) is 56.9 Å². The minimum absolute atomic E-state index is 0. The van der Waals surface area contributed by atoms with Crippen molar-refractivity contribution in [3.8, 4) is 0 Å². The maximum Gasteiger partial charge on any atom is 0.418 e. The first-order chi connectivity index (χ1) is 34.3. The molecule has 4 aromatic carbocycles. The molecule has 4 heterocycles. The van der Waals surface area contributed by atoms with Crippen LogP contribution in [0.25, 0.3) is 0 Å².